The quantitative estimate of drug-likeness (QED) is 0.448. The largest absolute Gasteiger partial charge is 0.511 e. The predicted octanol–water partition coefficient (Wildman–Crippen LogP) is 3.05. The van der Waals surface area contributed by atoms with E-state index in [0.717, 1.165) is 25.9 Å². The number of halogens is 1. The zero-order valence-corrected chi connectivity index (χ0v) is 19.0. The second-order valence-electron chi connectivity index (χ2n) is 8.28. The van der Waals surface area contributed by atoms with Crippen LogP contribution in [0.2, 0.25) is 0 Å². The van der Waals surface area contributed by atoms with Crippen molar-refractivity contribution in [2.24, 2.45) is 0 Å². The van der Waals surface area contributed by atoms with E-state index in [2.05, 4.69) is 9.64 Å². The molecule has 2 aromatic rings. The number of benzene rings is 1. The lowest BCUT2D eigenvalue weighted by Gasteiger charge is -2.37. The van der Waals surface area contributed by atoms with Gasteiger partial charge in [-0.25, -0.2) is 9.18 Å². The molecule has 2 fully saturated rings. The third-order valence-corrected chi connectivity index (χ3v) is 6.03. The number of anilines is 1. The lowest BCUT2D eigenvalue weighted by molar-refractivity contribution is -0.147. The first-order chi connectivity index (χ1) is 15.9. The van der Waals surface area contributed by atoms with Gasteiger partial charge < -0.3 is 28.8 Å². The molecule has 0 radical (unpaired) electrons. The number of nitrogens with zero attached hydrogens (tertiary/aromatic N) is 3. The first kappa shape index (κ1) is 23.5. The second-order valence-corrected chi connectivity index (χ2v) is 8.28. The van der Waals surface area contributed by atoms with Crippen molar-refractivity contribution < 1.29 is 28.5 Å². The number of hydrogen-bond donors (Lipinski definition) is 1. The van der Waals surface area contributed by atoms with Gasteiger partial charge in [0.15, 0.2) is 12.0 Å². The number of ether oxygens (including phenoxy) is 3. The van der Waals surface area contributed by atoms with Crippen LogP contribution < -0.4 is 15.1 Å². The molecular weight excluding hydrogens is 433 g/mol. The van der Waals surface area contributed by atoms with Crippen molar-refractivity contribution in [2.75, 3.05) is 50.8 Å². The molecule has 0 spiro atoms. The SMILES string of the molecule is CCOC(CN1CCN(c2cc3c(cc2F)c(=O)c(OC(=O)O)cn3C2CC2)CC1)OCC. The van der Waals surface area contributed by atoms with Crippen LogP contribution in [0, 0.1) is 5.82 Å². The van der Waals surface area contributed by atoms with Crippen LogP contribution in [0.25, 0.3) is 10.9 Å². The van der Waals surface area contributed by atoms with Crippen molar-refractivity contribution >= 4 is 22.7 Å². The molecule has 1 aromatic heterocycles. The third-order valence-electron chi connectivity index (χ3n) is 6.03. The Bertz CT molecular complexity index is 1060. The minimum atomic E-state index is -1.57. The number of aromatic nitrogens is 1. The first-order valence-corrected chi connectivity index (χ1v) is 11.4. The number of rotatable bonds is 9. The molecule has 9 nitrogen and oxygen atoms in total. The van der Waals surface area contributed by atoms with Crippen molar-refractivity contribution in [1.29, 1.82) is 0 Å². The molecule has 0 unspecified atom stereocenters. The number of carboxylic acid groups (broad SMARTS) is 1. The third kappa shape index (κ3) is 5.29. The smallest absolute Gasteiger partial charge is 0.449 e. The Hall–Kier alpha value is -2.69. The molecule has 180 valence electrons. The topological polar surface area (TPSA) is 93.5 Å². The van der Waals surface area contributed by atoms with Crippen molar-refractivity contribution in [2.45, 2.75) is 39.0 Å². The van der Waals surface area contributed by atoms with E-state index in [-0.39, 0.29) is 23.5 Å². The predicted molar refractivity (Wildman–Crippen MR) is 121 cm³/mol. The summed E-state index contributed by atoms with van der Waals surface area (Å²) in [5, 5.41) is 9.06. The van der Waals surface area contributed by atoms with Gasteiger partial charge in [-0.2, -0.15) is 0 Å². The van der Waals surface area contributed by atoms with Gasteiger partial charge in [-0.1, -0.05) is 0 Å². The van der Waals surface area contributed by atoms with Crippen LogP contribution in [0.5, 0.6) is 5.75 Å². The molecule has 2 aliphatic rings. The molecule has 1 aromatic carbocycles. The van der Waals surface area contributed by atoms with E-state index in [9.17, 15) is 9.59 Å². The highest BCUT2D eigenvalue weighted by atomic mass is 19.1. The number of piperazine rings is 1. The Balaban J connectivity index is 1.57. The van der Waals surface area contributed by atoms with Crippen LogP contribution in [0.15, 0.2) is 23.1 Å². The summed E-state index contributed by atoms with van der Waals surface area (Å²) in [6.45, 7) is 8.40. The summed E-state index contributed by atoms with van der Waals surface area (Å²) in [4.78, 5) is 27.9. The Morgan fingerprint density at radius 1 is 1.15 bits per heavy atom. The zero-order valence-electron chi connectivity index (χ0n) is 19.0. The maximum absolute atomic E-state index is 15.1. The molecule has 10 heteroatoms. The summed E-state index contributed by atoms with van der Waals surface area (Å²) in [5.74, 6) is -0.815. The van der Waals surface area contributed by atoms with Gasteiger partial charge in [-0.3, -0.25) is 9.69 Å². The molecule has 1 aliphatic carbocycles. The number of fused-ring (bicyclic) bond motifs is 1. The van der Waals surface area contributed by atoms with Gasteiger partial charge in [0, 0.05) is 52.0 Å². The van der Waals surface area contributed by atoms with E-state index >= 15 is 4.39 Å². The highest BCUT2D eigenvalue weighted by Gasteiger charge is 2.28. The molecule has 1 N–H and O–H groups in total. The van der Waals surface area contributed by atoms with Crippen molar-refractivity contribution in [3.05, 3.63) is 34.4 Å². The fourth-order valence-corrected chi connectivity index (χ4v) is 4.30. The van der Waals surface area contributed by atoms with Crippen molar-refractivity contribution in [3.63, 3.8) is 0 Å². The van der Waals surface area contributed by atoms with Crippen LogP contribution in [0.1, 0.15) is 32.7 Å². The molecular formula is C23H30FN3O6. The second kappa shape index (κ2) is 10.1. The Morgan fingerprint density at radius 3 is 2.39 bits per heavy atom. The highest BCUT2D eigenvalue weighted by molar-refractivity contribution is 5.85. The lowest BCUT2D eigenvalue weighted by Crippen LogP contribution is -2.49. The van der Waals surface area contributed by atoms with Gasteiger partial charge in [-0.05, 0) is 38.8 Å². The summed E-state index contributed by atoms with van der Waals surface area (Å²) >= 11 is 0. The van der Waals surface area contributed by atoms with Gasteiger partial charge >= 0.3 is 6.16 Å². The van der Waals surface area contributed by atoms with Gasteiger partial charge in [0.2, 0.25) is 5.43 Å². The fourth-order valence-electron chi connectivity index (χ4n) is 4.30. The maximum atomic E-state index is 15.1. The van der Waals surface area contributed by atoms with Crippen LogP contribution in [-0.4, -0.2) is 73.0 Å². The normalized spacial score (nSPS) is 17.2. The average molecular weight is 464 g/mol. The minimum absolute atomic E-state index is 0.122. The summed E-state index contributed by atoms with van der Waals surface area (Å²) in [6, 6.07) is 3.05. The van der Waals surface area contributed by atoms with Crippen LogP contribution >= 0.6 is 0 Å². The molecule has 0 bridgehead atoms. The van der Waals surface area contributed by atoms with Gasteiger partial charge in [0.1, 0.15) is 5.82 Å². The Labute approximate surface area is 191 Å². The van der Waals surface area contributed by atoms with Crippen molar-refractivity contribution in [3.8, 4) is 5.75 Å². The fraction of sp³-hybridized carbons (Fsp3) is 0.565. The van der Waals surface area contributed by atoms with Crippen LogP contribution in [-0.2, 0) is 9.47 Å². The minimum Gasteiger partial charge on any atom is -0.449 e. The molecule has 2 heterocycles. The Kier molecular flexibility index (Phi) is 7.16. The lowest BCUT2D eigenvalue weighted by atomic mass is 10.1. The number of hydrogen-bond acceptors (Lipinski definition) is 7. The Morgan fingerprint density at radius 2 is 1.82 bits per heavy atom. The van der Waals surface area contributed by atoms with E-state index in [1.165, 1.54) is 12.3 Å². The van der Waals surface area contributed by atoms with Crippen LogP contribution in [0.3, 0.4) is 0 Å². The zero-order chi connectivity index (χ0) is 23.5. The summed E-state index contributed by atoms with van der Waals surface area (Å²) < 4.78 is 32.9. The average Bonchev–Trinajstić information content (AvgIpc) is 3.62. The number of carbonyl (C=O) groups is 1. The number of pyridine rings is 1. The molecule has 0 atom stereocenters. The van der Waals surface area contributed by atoms with Crippen LogP contribution in [0.4, 0.5) is 14.9 Å². The molecule has 0 amide bonds. The highest BCUT2D eigenvalue weighted by Crippen LogP contribution is 2.39. The molecule has 1 saturated carbocycles. The summed E-state index contributed by atoms with van der Waals surface area (Å²) in [5.41, 5.74) is 0.401. The van der Waals surface area contributed by atoms with Gasteiger partial charge in [-0.15, -0.1) is 0 Å². The van der Waals surface area contributed by atoms with E-state index in [4.69, 9.17) is 14.6 Å². The standard InChI is InChI=1S/C23H30FN3O6/c1-3-31-21(32-4-2)14-25-7-9-26(10-8-25)19-12-18-16(11-17(19)24)22(28)20(33-23(29)30)13-27(18)15-5-6-15/h11-13,15,21H,3-10,14H2,1-2H3,(H,29,30). The molecule has 1 aliphatic heterocycles. The summed E-state index contributed by atoms with van der Waals surface area (Å²) in [7, 11) is 0. The van der Waals surface area contributed by atoms with Crippen molar-refractivity contribution in [1.82, 2.24) is 9.47 Å². The van der Waals surface area contributed by atoms with Gasteiger partial charge in [0.25, 0.3) is 0 Å². The van der Waals surface area contributed by atoms with Gasteiger partial charge in [0.05, 0.1) is 22.8 Å². The maximum Gasteiger partial charge on any atom is 0.511 e. The summed E-state index contributed by atoms with van der Waals surface area (Å²) in [6.07, 6.45) is 1.41. The first-order valence-electron chi connectivity index (χ1n) is 11.4. The monoisotopic (exact) mass is 463 g/mol. The van der Waals surface area contributed by atoms with E-state index in [1.807, 2.05) is 23.3 Å². The molecule has 33 heavy (non-hydrogen) atoms. The van der Waals surface area contributed by atoms with E-state index < -0.39 is 17.4 Å². The molecule has 4 rings (SSSR count). The van der Waals surface area contributed by atoms with E-state index in [0.29, 0.717) is 44.1 Å². The molecule has 1 saturated heterocycles. The van der Waals surface area contributed by atoms with E-state index in [1.54, 1.807) is 6.07 Å².